The second kappa shape index (κ2) is 4.18. The molecule has 0 saturated carbocycles. The van der Waals surface area contributed by atoms with Gasteiger partial charge in [-0.2, -0.15) is 0 Å². The zero-order valence-corrected chi connectivity index (χ0v) is 11.1. The second-order valence-corrected chi connectivity index (χ2v) is 6.12. The van der Waals surface area contributed by atoms with Gasteiger partial charge in [0.15, 0.2) is 5.76 Å². The van der Waals surface area contributed by atoms with E-state index in [1.54, 1.807) is 13.8 Å². The molecule has 1 heterocycles. The fourth-order valence-corrected chi connectivity index (χ4v) is 3.16. The van der Waals surface area contributed by atoms with E-state index >= 15 is 0 Å². The van der Waals surface area contributed by atoms with Gasteiger partial charge in [-0.3, -0.25) is 0 Å². The van der Waals surface area contributed by atoms with E-state index in [0.29, 0.717) is 17.9 Å². The van der Waals surface area contributed by atoms with Crippen LogP contribution in [0.2, 0.25) is 0 Å². The van der Waals surface area contributed by atoms with E-state index in [1.807, 2.05) is 20.8 Å². The lowest BCUT2D eigenvalue weighted by molar-refractivity contribution is 0.390. The Hall–Kier alpha value is -0.880. The number of nitrogens with zero attached hydrogens (tertiary/aromatic N) is 1. The Morgan fingerprint density at radius 3 is 2.31 bits per heavy atom. The maximum absolute atomic E-state index is 12.1. The predicted molar refractivity (Wildman–Crippen MR) is 60.7 cm³/mol. The number of hydrogen-bond donors (Lipinski definition) is 1. The highest BCUT2D eigenvalue weighted by Crippen LogP contribution is 2.21. The first-order chi connectivity index (χ1) is 7.19. The lowest BCUT2D eigenvalue weighted by Crippen LogP contribution is -2.42. The van der Waals surface area contributed by atoms with Crippen LogP contribution in [0.15, 0.2) is 9.42 Å². The summed E-state index contributed by atoms with van der Waals surface area (Å²) in [6.07, 6.45) is 0.704. The third-order valence-electron chi connectivity index (χ3n) is 2.53. The molecule has 0 amide bonds. The second-order valence-electron chi connectivity index (χ2n) is 4.50. The third-order valence-corrected chi connectivity index (χ3v) is 4.47. The topological polar surface area (TPSA) is 72.2 Å². The van der Waals surface area contributed by atoms with Crippen LogP contribution in [0.25, 0.3) is 0 Å². The normalized spacial score (nSPS) is 13.1. The first-order valence-electron chi connectivity index (χ1n) is 5.16. The molecule has 1 rings (SSSR count). The van der Waals surface area contributed by atoms with Gasteiger partial charge >= 0.3 is 0 Å². The van der Waals surface area contributed by atoms with Crippen molar-refractivity contribution < 1.29 is 12.9 Å². The molecule has 0 aliphatic rings. The monoisotopic (exact) mass is 246 g/mol. The Morgan fingerprint density at radius 2 is 1.94 bits per heavy atom. The molecule has 0 saturated heterocycles. The molecule has 5 nitrogen and oxygen atoms in total. The van der Waals surface area contributed by atoms with Crippen molar-refractivity contribution in [2.45, 2.75) is 51.5 Å². The molecule has 0 spiro atoms. The fraction of sp³-hybridized carbons (Fsp3) is 0.700. The molecule has 0 atom stereocenters. The summed E-state index contributed by atoms with van der Waals surface area (Å²) in [5, 5.41) is 3.64. The average molecular weight is 246 g/mol. The van der Waals surface area contributed by atoms with Gasteiger partial charge in [0.1, 0.15) is 10.6 Å². The van der Waals surface area contributed by atoms with Crippen LogP contribution in [0.4, 0.5) is 0 Å². The summed E-state index contributed by atoms with van der Waals surface area (Å²) < 4.78 is 31.7. The molecule has 0 bridgehead atoms. The number of hydrogen-bond acceptors (Lipinski definition) is 4. The van der Waals surface area contributed by atoms with Gasteiger partial charge < -0.3 is 4.52 Å². The number of nitrogens with one attached hydrogen (secondary N) is 1. The summed E-state index contributed by atoms with van der Waals surface area (Å²) in [7, 11) is -3.55. The van der Waals surface area contributed by atoms with Crippen molar-refractivity contribution in [2.24, 2.45) is 0 Å². The number of rotatable bonds is 4. The smallest absolute Gasteiger partial charge is 0.246 e. The Bertz CT molecular complexity index is 455. The fourth-order valence-electron chi connectivity index (χ4n) is 1.35. The minimum atomic E-state index is -3.55. The predicted octanol–water partition coefficient (Wildman–Crippen LogP) is 1.76. The minimum absolute atomic E-state index is 0.147. The quantitative estimate of drug-likeness (QED) is 0.878. The maximum atomic E-state index is 12.1. The standard InChI is InChI=1S/C10H18N2O3S/c1-6-10(4,5)12-16(13,14)9-7(2)11-15-8(9)3/h12H,6H2,1-5H3. The summed E-state index contributed by atoms with van der Waals surface area (Å²) in [6.45, 7) is 8.80. The van der Waals surface area contributed by atoms with Gasteiger partial charge in [0, 0.05) is 5.54 Å². The Balaban J connectivity index is 3.14. The molecule has 92 valence electrons. The highest BCUT2D eigenvalue weighted by Gasteiger charge is 2.29. The molecule has 0 aliphatic heterocycles. The Kier molecular flexibility index (Phi) is 3.44. The van der Waals surface area contributed by atoms with Gasteiger partial charge in [-0.15, -0.1) is 0 Å². The van der Waals surface area contributed by atoms with Crippen molar-refractivity contribution in [1.29, 1.82) is 0 Å². The van der Waals surface area contributed by atoms with Crippen LogP contribution < -0.4 is 4.72 Å². The van der Waals surface area contributed by atoms with E-state index in [1.165, 1.54) is 0 Å². The third kappa shape index (κ3) is 2.62. The Morgan fingerprint density at radius 1 is 1.38 bits per heavy atom. The highest BCUT2D eigenvalue weighted by molar-refractivity contribution is 7.89. The number of aryl methyl sites for hydroxylation is 2. The van der Waals surface area contributed by atoms with Crippen LogP contribution in [-0.4, -0.2) is 19.1 Å². The lowest BCUT2D eigenvalue weighted by atomic mass is 10.0. The van der Waals surface area contributed by atoms with Crippen molar-refractivity contribution in [1.82, 2.24) is 9.88 Å². The van der Waals surface area contributed by atoms with E-state index in [-0.39, 0.29) is 4.90 Å². The molecule has 0 aliphatic carbocycles. The van der Waals surface area contributed by atoms with Crippen molar-refractivity contribution in [2.75, 3.05) is 0 Å². The van der Waals surface area contributed by atoms with Gasteiger partial charge in [-0.1, -0.05) is 12.1 Å². The summed E-state index contributed by atoms with van der Waals surface area (Å²) in [5.74, 6) is 0.317. The SMILES string of the molecule is CCC(C)(C)NS(=O)(=O)c1c(C)noc1C. The van der Waals surface area contributed by atoms with Gasteiger partial charge in [-0.05, 0) is 34.1 Å². The van der Waals surface area contributed by atoms with Crippen molar-refractivity contribution in [3.63, 3.8) is 0 Å². The van der Waals surface area contributed by atoms with Gasteiger partial charge in [0.2, 0.25) is 10.0 Å². The molecule has 0 fully saturated rings. The van der Waals surface area contributed by atoms with Crippen molar-refractivity contribution in [3.05, 3.63) is 11.5 Å². The van der Waals surface area contributed by atoms with E-state index in [4.69, 9.17) is 4.52 Å². The molecule has 0 radical (unpaired) electrons. The summed E-state index contributed by atoms with van der Waals surface area (Å²) in [4.78, 5) is 0.147. The Labute approximate surface area is 96.3 Å². The first-order valence-corrected chi connectivity index (χ1v) is 6.65. The average Bonchev–Trinajstić information content (AvgIpc) is 2.44. The molecule has 1 N–H and O–H groups in total. The van der Waals surface area contributed by atoms with Gasteiger partial charge in [0.05, 0.1) is 0 Å². The van der Waals surface area contributed by atoms with E-state index in [2.05, 4.69) is 9.88 Å². The molecule has 0 aromatic carbocycles. The van der Waals surface area contributed by atoms with E-state index in [9.17, 15) is 8.42 Å². The minimum Gasteiger partial charge on any atom is -0.360 e. The number of aromatic nitrogens is 1. The largest absolute Gasteiger partial charge is 0.360 e. The summed E-state index contributed by atoms with van der Waals surface area (Å²) in [6, 6.07) is 0. The molecular formula is C10H18N2O3S. The first kappa shape index (κ1) is 13.2. The van der Waals surface area contributed by atoms with Crippen molar-refractivity contribution >= 4 is 10.0 Å². The van der Waals surface area contributed by atoms with E-state index in [0.717, 1.165) is 0 Å². The maximum Gasteiger partial charge on any atom is 0.246 e. The number of sulfonamides is 1. The molecule has 1 aromatic rings. The van der Waals surface area contributed by atoms with Crippen LogP contribution in [0.5, 0.6) is 0 Å². The highest BCUT2D eigenvalue weighted by atomic mass is 32.2. The molecule has 0 unspecified atom stereocenters. The lowest BCUT2D eigenvalue weighted by Gasteiger charge is -2.23. The molecule has 6 heteroatoms. The molecular weight excluding hydrogens is 228 g/mol. The van der Waals surface area contributed by atoms with Crippen LogP contribution in [0.1, 0.15) is 38.6 Å². The zero-order chi connectivity index (χ0) is 12.6. The summed E-state index contributed by atoms with van der Waals surface area (Å²) >= 11 is 0. The van der Waals surface area contributed by atoms with E-state index < -0.39 is 15.6 Å². The van der Waals surface area contributed by atoms with Crippen LogP contribution in [0.3, 0.4) is 0 Å². The van der Waals surface area contributed by atoms with Crippen LogP contribution in [-0.2, 0) is 10.0 Å². The summed E-state index contributed by atoms with van der Waals surface area (Å²) in [5.41, 5.74) is -0.0912. The zero-order valence-electron chi connectivity index (χ0n) is 10.3. The van der Waals surface area contributed by atoms with Gasteiger partial charge in [-0.25, -0.2) is 13.1 Å². The molecule has 16 heavy (non-hydrogen) atoms. The van der Waals surface area contributed by atoms with Crippen LogP contribution >= 0.6 is 0 Å². The van der Waals surface area contributed by atoms with Crippen molar-refractivity contribution in [3.8, 4) is 0 Å². The van der Waals surface area contributed by atoms with Crippen LogP contribution in [0, 0.1) is 13.8 Å². The van der Waals surface area contributed by atoms with Gasteiger partial charge in [0.25, 0.3) is 0 Å². The molecule has 1 aromatic heterocycles.